The summed E-state index contributed by atoms with van der Waals surface area (Å²) >= 11 is 4.94. The number of thiophene rings is 1. The van der Waals surface area contributed by atoms with E-state index in [9.17, 15) is 4.39 Å². The number of benzene rings is 1. The third-order valence-corrected chi connectivity index (χ3v) is 4.08. The summed E-state index contributed by atoms with van der Waals surface area (Å²) in [6.45, 7) is 2.18. The van der Waals surface area contributed by atoms with E-state index in [-0.39, 0.29) is 17.6 Å². The minimum absolute atomic E-state index is 0.179. The Morgan fingerprint density at radius 3 is 2.72 bits per heavy atom. The van der Waals surface area contributed by atoms with E-state index < -0.39 is 0 Å². The van der Waals surface area contributed by atoms with Gasteiger partial charge in [0.25, 0.3) is 0 Å². The summed E-state index contributed by atoms with van der Waals surface area (Å²) in [5.41, 5.74) is 6.45. The van der Waals surface area contributed by atoms with Crippen molar-refractivity contribution in [3.05, 3.63) is 50.4 Å². The standard InChI is InChI=1S/C13H13BrFNOS/c1-8(16)9-2-4-12(11(15)6-9)17-7-10-3-5-13(14)18-10/h2-6,8H,7,16H2,1H3/t8-/m0/s1. The molecule has 0 bridgehead atoms. The van der Waals surface area contributed by atoms with Crippen LogP contribution in [-0.2, 0) is 6.61 Å². The van der Waals surface area contributed by atoms with E-state index in [1.54, 1.807) is 23.5 Å². The van der Waals surface area contributed by atoms with Crippen molar-refractivity contribution in [1.82, 2.24) is 0 Å². The van der Waals surface area contributed by atoms with Crippen LogP contribution in [0, 0.1) is 5.82 Å². The molecule has 2 N–H and O–H groups in total. The van der Waals surface area contributed by atoms with Gasteiger partial charge in [-0.2, -0.15) is 0 Å². The molecular weight excluding hydrogens is 317 g/mol. The van der Waals surface area contributed by atoms with Crippen molar-refractivity contribution in [1.29, 1.82) is 0 Å². The minimum atomic E-state index is -0.375. The highest BCUT2D eigenvalue weighted by atomic mass is 79.9. The van der Waals surface area contributed by atoms with Crippen LogP contribution >= 0.6 is 27.3 Å². The maximum atomic E-state index is 13.7. The van der Waals surface area contributed by atoms with Gasteiger partial charge in [0.05, 0.1) is 3.79 Å². The third kappa shape index (κ3) is 3.31. The Morgan fingerprint density at radius 1 is 1.39 bits per heavy atom. The van der Waals surface area contributed by atoms with Gasteiger partial charge in [0.15, 0.2) is 11.6 Å². The van der Waals surface area contributed by atoms with Gasteiger partial charge in [-0.25, -0.2) is 4.39 Å². The molecule has 1 aromatic heterocycles. The van der Waals surface area contributed by atoms with Crippen molar-refractivity contribution in [2.45, 2.75) is 19.6 Å². The number of nitrogens with two attached hydrogens (primary N) is 1. The van der Waals surface area contributed by atoms with Crippen LogP contribution in [0.5, 0.6) is 5.75 Å². The topological polar surface area (TPSA) is 35.2 Å². The van der Waals surface area contributed by atoms with E-state index in [0.717, 1.165) is 14.2 Å². The van der Waals surface area contributed by atoms with Crippen molar-refractivity contribution >= 4 is 27.3 Å². The number of rotatable bonds is 4. The Morgan fingerprint density at radius 2 is 2.17 bits per heavy atom. The molecule has 0 saturated carbocycles. The van der Waals surface area contributed by atoms with E-state index in [4.69, 9.17) is 10.5 Å². The Kier molecular flexibility index (Phi) is 4.37. The summed E-state index contributed by atoms with van der Waals surface area (Å²) in [4.78, 5) is 1.04. The van der Waals surface area contributed by atoms with Crippen molar-refractivity contribution in [3.63, 3.8) is 0 Å². The molecule has 1 aromatic carbocycles. The zero-order valence-electron chi connectivity index (χ0n) is 9.82. The molecule has 0 amide bonds. The van der Waals surface area contributed by atoms with Gasteiger partial charge in [0.1, 0.15) is 6.61 Å². The molecule has 0 saturated heterocycles. The predicted molar refractivity (Wildman–Crippen MR) is 75.4 cm³/mol. The Labute approximate surface area is 118 Å². The fourth-order valence-corrected chi connectivity index (χ4v) is 2.89. The molecule has 0 unspecified atom stereocenters. The first-order valence-corrected chi connectivity index (χ1v) is 7.09. The average molecular weight is 330 g/mol. The van der Waals surface area contributed by atoms with Gasteiger partial charge in [-0.3, -0.25) is 0 Å². The van der Waals surface area contributed by atoms with Gasteiger partial charge < -0.3 is 10.5 Å². The maximum Gasteiger partial charge on any atom is 0.165 e. The zero-order valence-corrected chi connectivity index (χ0v) is 12.2. The quantitative estimate of drug-likeness (QED) is 0.910. The van der Waals surface area contributed by atoms with Gasteiger partial charge in [-0.05, 0) is 52.7 Å². The largest absolute Gasteiger partial charge is 0.485 e. The van der Waals surface area contributed by atoms with Crippen molar-refractivity contribution in [2.75, 3.05) is 0 Å². The molecule has 96 valence electrons. The van der Waals surface area contributed by atoms with Gasteiger partial charge in [0, 0.05) is 10.9 Å². The fraction of sp³-hybridized carbons (Fsp3) is 0.231. The second kappa shape index (κ2) is 5.82. The molecule has 18 heavy (non-hydrogen) atoms. The molecule has 0 spiro atoms. The Balaban J connectivity index is 2.05. The van der Waals surface area contributed by atoms with Crippen LogP contribution in [0.2, 0.25) is 0 Å². The first-order valence-electron chi connectivity index (χ1n) is 5.48. The molecule has 2 aromatic rings. The summed E-state index contributed by atoms with van der Waals surface area (Å²) in [5.74, 6) is -0.121. The molecule has 0 aliphatic heterocycles. The molecule has 1 heterocycles. The lowest BCUT2D eigenvalue weighted by molar-refractivity contribution is 0.293. The summed E-state index contributed by atoms with van der Waals surface area (Å²) in [5, 5.41) is 0. The maximum absolute atomic E-state index is 13.7. The predicted octanol–water partition coefficient (Wildman–Crippen LogP) is 4.25. The summed E-state index contributed by atoms with van der Waals surface area (Å²) in [6.07, 6.45) is 0. The lowest BCUT2D eigenvalue weighted by Crippen LogP contribution is -2.05. The van der Waals surface area contributed by atoms with Crippen LogP contribution in [0.25, 0.3) is 0 Å². The number of hydrogen-bond acceptors (Lipinski definition) is 3. The molecule has 0 aliphatic carbocycles. The number of ether oxygens (including phenoxy) is 1. The minimum Gasteiger partial charge on any atom is -0.485 e. The third-order valence-electron chi connectivity index (χ3n) is 2.48. The Hall–Kier alpha value is -0.910. The van der Waals surface area contributed by atoms with Crippen LogP contribution in [0.1, 0.15) is 23.4 Å². The van der Waals surface area contributed by atoms with Gasteiger partial charge in [-0.1, -0.05) is 6.07 Å². The van der Waals surface area contributed by atoms with Gasteiger partial charge in [-0.15, -0.1) is 11.3 Å². The van der Waals surface area contributed by atoms with Gasteiger partial charge >= 0.3 is 0 Å². The Bertz CT molecular complexity index is 542. The first-order chi connectivity index (χ1) is 8.56. The van der Waals surface area contributed by atoms with Crippen molar-refractivity contribution in [2.24, 2.45) is 5.73 Å². The van der Waals surface area contributed by atoms with E-state index >= 15 is 0 Å². The lowest BCUT2D eigenvalue weighted by atomic mass is 10.1. The van der Waals surface area contributed by atoms with Crippen LogP contribution in [0.4, 0.5) is 4.39 Å². The number of hydrogen-bond donors (Lipinski definition) is 1. The highest BCUT2D eigenvalue weighted by Crippen LogP contribution is 2.25. The molecule has 2 rings (SSSR count). The molecule has 0 radical (unpaired) electrons. The highest BCUT2D eigenvalue weighted by Gasteiger charge is 2.08. The number of halogens is 2. The van der Waals surface area contributed by atoms with Crippen LogP contribution in [-0.4, -0.2) is 0 Å². The fourth-order valence-electron chi connectivity index (χ4n) is 1.50. The van der Waals surface area contributed by atoms with Gasteiger partial charge in [0.2, 0.25) is 0 Å². The van der Waals surface area contributed by atoms with E-state index in [0.29, 0.717) is 6.61 Å². The normalized spacial score (nSPS) is 12.4. The second-order valence-electron chi connectivity index (χ2n) is 3.97. The molecular formula is C13H13BrFNOS. The molecule has 0 fully saturated rings. The average Bonchev–Trinajstić information content (AvgIpc) is 2.73. The monoisotopic (exact) mass is 329 g/mol. The molecule has 2 nitrogen and oxygen atoms in total. The highest BCUT2D eigenvalue weighted by molar-refractivity contribution is 9.11. The summed E-state index contributed by atoms with van der Waals surface area (Å²) in [7, 11) is 0. The molecule has 0 aliphatic rings. The van der Waals surface area contributed by atoms with Crippen molar-refractivity contribution in [3.8, 4) is 5.75 Å². The smallest absolute Gasteiger partial charge is 0.165 e. The van der Waals surface area contributed by atoms with Crippen LogP contribution in [0.3, 0.4) is 0 Å². The summed E-state index contributed by atoms with van der Waals surface area (Å²) in [6, 6.07) is 8.54. The van der Waals surface area contributed by atoms with Crippen molar-refractivity contribution < 1.29 is 9.13 Å². The zero-order chi connectivity index (χ0) is 13.1. The van der Waals surface area contributed by atoms with Crippen LogP contribution in [0.15, 0.2) is 34.1 Å². The SMILES string of the molecule is C[C@H](N)c1ccc(OCc2ccc(Br)s2)c(F)c1. The lowest BCUT2D eigenvalue weighted by Gasteiger charge is -2.09. The molecule has 5 heteroatoms. The van der Waals surface area contributed by atoms with E-state index in [1.807, 2.05) is 19.1 Å². The molecule has 1 atom stereocenters. The van der Waals surface area contributed by atoms with Crippen LogP contribution < -0.4 is 10.5 Å². The second-order valence-corrected chi connectivity index (χ2v) is 6.52. The first kappa shape index (κ1) is 13.5. The van der Waals surface area contributed by atoms with E-state index in [2.05, 4.69) is 15.9 Å². The van der Waals surface area contributed by atoms with E-state index in [1.165, 1.54) is 6.07 Å². The summed E-state index contributed by atoms with van der Waals surface area (Å²) < 4.78 is 20.2.